The Labute approximate surface area is 130 Å². The first-order valence-electron chi connectivity index (χ1n) is 6.30. The van der Waals surface area contributed by atoms with E-state index in [0.29, 0.717) is 4.47 Å². The maximum atomic E-state index is 11.6. The van der Waals surface area contributed by atoms with Gasteiger partial charge in [0.15, 0.2) is 5.75 Å². The van der Waals surface area contributed by atoms with Gasteiger partial charge in [0, 0.05) is 17.0 Å². The van der Waals surface area contributed by atoms with Crippen molar-refractivity contribution in [3.8, 4) is 5.75 Å². The first kappa shape index (κ1) is 17.4. The second kappa shape index (κ2) is 7.37. The van der Waals surface area contributed by atoms with Crippen LogP contribution in [0, 0.1) is 10.1 Å². The molecule has 1 atom stereocenters. The van der Waals surface area contributed by atoms with Crippen molar-refractivity contribution in [2.45, 2.75) is 25.8 Å². The lowest BCUT2D eigenvalue weighted by atomic mass is 10.0. The summed E-state index contributed by atoms with van der Waals surface area (Å²) in [5, 5.41) is 10.9. The van der Waals surface area contributed by atoms with Crippen molar-refractivity contribution in [3.63, 3.8) is 0 Å². The van der Waals surface area contributed by atoms with Crippen LogP contribution in [0.2, 0.25) is 0 Å². The van der Waals surface area contributed by atoms with Gasteiger partial charge in [-0.05, 0) is 26.0 Å². The zero-order chi connectivity index (χ0) is 16.0. The fraction of sp³-hybridized carbons (Fsp3) is 0.462. The van der Waals surface area contributed by atoms with Crippen LogP contribution in [0.15, 0.2) is 22.7 Å². The average Bonchev–Trinajstić information content (AvgIpc) is 2.40. The van der Waals surface area contributed by atoms with Gasteiger partial charge in [0.05, 0.1) is 18.1 Å². The van der Waals surface area contributed by atoms with Crippen LogP contribution < -0.4 is 10.5 Å². The minimum atomic E-state index is -1.19. The van der Waals surface area contributed by atoms with Crippen LogP contribution in [0.3, 0.4) is 0 Å². The lowest BCUT2D eigenvalue weighted by molar-refractivity contribution is -0.385. The van der Waals surface area contributed by atoms with Crippen LogP contribution >= 0.6 is 15.9 Å². The predicted octanol–water partition coefficient (Wildman–Crippen LogP) is 2.41. The van der Waals surface area contributed by atoms with E-state index >= 15 is 0 Å². The molecular weight excluding hydrogens is 344 g/mol. The molecule has 0 saturated carbocycles. The van der Waals surface area contributed by atoms with Crippen LogP contribution in [0.5, 0.6) is 5.75 Å². The number of rotatable bonds is 7. The first-order chi connectivity index (χ1) is 9.77. The van der Waals surface area contributed by atoms with E-state index in [1.165, 1.54) is 19.1 Å². The molecular formula is C13H17BrN2O5. The van der Waals surface area contributed by atoms with Crippen molar-refractivity contribution in [3.05, 3.63) is 32.8 Å². The topological polar surface area (TPSA) is 105 Å². The van der Waals surface area contributed by atoms with Gasteiger partial charge in [0.1, 0.15) is 5.54 Å². The maximum Gasteiger partial charge on any atom is 0.325 e. The van der Waals surface area contributed by atoms with E-state index in [-0.39, 0.29) is 31.1 Å². The summed E-state index contributed by atoms with van der Waals surface area (Å²) in [6.45, 7) is 3.53. The Kier molecular flexibility index (Phi) is 6.10. The van der Waals surface area contributed by atoms with Gasteiger partial charge in [-0.3, -0.25) is 14.9 Å². The molecule has 0 radical (unpaired) electrons. The molecule has 0 spiro atoms. The summed E-state index contributed by atoms with van der Waals surface area (Å²) < 4.78 is 10.8. The van der Waals surface area contributed by atoms with E-state index in [0.717, 1.165) is 0 Å². The smallest absolute Gasteiger partial charge is 0.325 e. The zero-order valence-corrected chi connectivity index (χ0v) is 13.4. The maximum absolute atomic E-state index is 11.6. The molecule has 1 rings (SSSR count). The molecule has 0 saturated heterocycles. The molecule has 0 heterocycles. The molecule has 8 heteroatoms. The van der Waals surface area contributed by atoms with Crippen molar-refractivity contribution in [2.24, 2.45) is 5.73 Å². The summed E-state index contributed by atoms with van der Waals surface area (Å²) in [4.78, 5) is 22.0. The number of hydrogen-bond donors (Lipinski definition) is 1. The molecule has 0 aromatic heterocycles. The monoisotopic (exact) mass is 360 g/mol. The second-order valence-corrected chi connectivity index (χ2v) is 5.52. The van der Waals surface area contributed by atoms with Gasteiger partial charge in [-0.1, -0.05) is 15.9 Å². The van der Waals surface area contributed by atoms with Crippen molar-refractivity contribution in [2.75, 3.05) is 13.2 Å². The van der Waals surface area contributed by atoms with Crippen molar-refractivity contribution in [1.29, 1.82) is 0 Å². The molecule has 1 aromatic rings. The van der Waals surface area contributed by atoms with Gasteiger partial charge >= 0.3 is 11.7 Å². The van der Waals surface area contributed by atoms with E-state index in [9.17, 15) is 14.9 Å². The summed E-state index contributed by atoms with van der Waals surface area (Å²) in [5.74, 6) is -0.401. The highest BCUT2D eigenvalue weighted by atomic mass is 79.9. The minimum Gasteiger partial charge on any atom is -0.487 e. The number of carbonyl (C=O) groups is 1. The third-order valence-corrected chi connectivity index (χ3v) is 3.23. The van der Waals surface area contributed by atoms with Gasteiger partial charge in [-0.15, -0.1) is 0 Å². The Morgan fingerprint density at radius 3 is 2.76 bits per heavy atom. The molecule has 116 valence electrons. The molecule has 0 aliphatic carbocycles. The molecule has 0 aliphatic heterocycles. The Bertz CT molecular complexity index is 533. The second-order valence-electron chi connectivity index (χ2n) is 4.61. The number of esters is 1. The van der Waals surface area contributed by atoms with Gasteiger partial charge < -0.3 is 15.2 Å². The first-order valence-corrected chi connectivity index (χ1v) is 7.10. The number of ether oxygens (including phenoxy) is 2. The highest BCUT2D eigenvalue weighted by molar-refractivity contribution is 9.10. The van der Waals surface area contributed by atoms with E-state index in [1.807, 2.05) is 0 Å². The van der Waals surface area contributed by atoms with Crippen molar-refractivity contribution >= 4 is 27.6 Å². The number of nitro groups is 1. The Morgan fingerprint density at radius 2 is 2.19 bits per heavy atom. The summed E-state index contributed by atoms with van der Waals surface area (Å²) in [6, 6.07) is 4.47. The van der Waals surface area contributed by atoms with Crippen molar-refractivity contribution in [1.82, 2.24) is 0 Å². The fourth-order valence-corrected chi connectivity index (χ4v) is 1.88. The van der Waals surface area contributed by atoms with E-state index in [2.05, 4.69) is 15.9 Å². The number of nitrogens with zero attached hydrogens (tertiary/aromatic N) is 1. The van der Waals surface area contributed by atoms with Crippen LogP contribution in [0.25, 0.3) is 0 Å². The summed E-state index contributed by atoms with van der Waals surface area (Å²) >= 11 is 3.16. The predicted molar refractivity (Wildman–Crippen MR) is 80.1 cm³/mol. The lowest BCUT2D eigenvalue weighted by Crippen LogP contribution is -2.47. The molecule has 0 amide bonds. The summed E-state index contributed by atoms with van der Waals surface area (Å²) in [6.07, 6.45) is 0.180. The van der Waals surface area contributed by atoms with Crippen LogP contribution in [-0.4, -0.2) is 29.6 Å². The number of benzene rings is 1. The number of nitro benzene ring substituents is 1. The number of carbonyl (C=O) groups excluding carboxylic acids is 1. The Hall–Kier alpha value is -1.67. The molecule has 1 unspecified atom stereocenters. The van der Waals surface area contributed by atoms with E-state index in [1.54, 1.807) is 13.0 Å². The van der Waals surface area contributed by atoms with Crippen LogP contribution in [-0.2, 0) is 9.53 Å². The third kappa shape index (κ3) is 4.98. The summed E-state index contributed by atoms with van der Waals surface area (Å²) in [7, 11) is 0. The highest BCUT2D eigenvalue weighted by Gasteiger charge is 2.30. The largest absolute Gasteiger partial charge is 0.487 e. The molecule has 1 aromatic carbocycles. The number of halogens is 1. The molecule has 0 bridgehead atoms. The molecule has 2 N–H and O–H groups in total. The van der Waals surface area contributed by atoms with Gasteiger partial charge in [0.25, 0.3) is 0 Å². The normalized spacial score (nSPS) is 13.3. The SMILES string of the molecule is CCOC(=O)C(C)(N)CCOc1ccc(Br)cc1[N+](=O)[O-]. The van der Waals surface area contributed by atoms with E-state index < -0.39 is 16.4 Å². The number of nitrogens with two attached hydrogens (primary N) is 1. The standard InChI is InChI=1S/C13H17BrN2O5/c1-3-20-12(17)13(2,15)6-7-21-11-5-4-9(14)8-10(11)16(18)19/h4-5,8H,3,6-7,15H2,1-2H3. The molecule has 21 heavy (non-hydrogen) atoms. The van der Waals surface area contributed by atoms with Gasteiger partial charge in [-0.25, -0.2) is 0 Å². The third-order valence-electron chi connectivity index (χ3n) is 2.74. The fourth-order valence-electron chi connectivity index (χ4n) is 1.53. The minimum absolute atomic E-state index is 0.0638. The quantitative estimate of drug-likeness (QED) is 0.454. The highest BCUT2D eigenvalue weighted by Crippen LogP contribution is 2.30. The molecule has 0 fully saturated rings. The number of hydrogen-bond acceptors (Lipinski definition) is 6. The lowest BCUT2D eigenvalue weighted by Gasteiger charge is -2.22. The van der Waals surface area contributed by atoms with Gasteiger partial charge in [-0.2, -0.15) is 0 Å². The van der Waals surface area contributed by atoms with Gasteiger partial charge in [0.2, 0.25) is 0 Å². The van der Waals surface area contributed by atoms with E-state index in [4.69, 9.17) is 15.2 Å². The van der Waals surface area contributed by atoms with Crippen LogP contribution in [0.4, 0.5) is 5.69 Å². The van der Waals surface area contributed by atoms with Crippen LogP contribution in [0.1, 0.15) is 20.3 Å². The summed E-state index contributed by atoms with van der Waals surface area (Å²) in [5.41, 5.74) is 4.49. The Morgan fingerprint density at radius 1 is 1.52 bits per heavy atom. The molecule has 7 nitrogen and oxygen atoms in total. The zero-order valence-electron chi connectivity index (χ0n) is 11.8. The Balaban J connectivity index is 2.68. The average molecular weight is 361 g/mol. The molecule has 0 aliphatic rings. The van der Waals surface area contributed by atoms with Crippen molar-refractivity contribution < 1.29 is 19.2 Å².